The summed E-state index contributed by atoms with van der Waals surface area (Å²) in [6.45, 7) is 5.21. The van der Waals surface area contributed by atoms with Crippen molar-refractivity contribution in [2.24, 2.45) is 9.98 Å². The van der Waals surface area contributed by atoms with Crippen LogP contribution in [0.5, 0.6) is 0 Å². The number of aliphatic imine (C=N–C) groups is 2. The minimum absolute atomic E-state index is 1.02. The van der Waals surface area contributed by atoms with Gasteiger partial charge in [-0.3, -0.25) is 9.98 Å². The van der Waals surface area contributed by atoms with Gasteiger partial charge in [-0.1, -0.05) is 0 Å². The van der Waals surface area contributed by atoms with Crippen LogP contribution < -0.4 is 0 Å². The second-order valence-electron chi connectivity index (χ2n) is 1.44. The van der Waals surface area contributed by atoms with Crippen LogP contribution in [0, 0.1) is 0 Å². The monoisotopic (exact) mass is 110 g/mol. The first-order valence-electron chi connectivity index (χ1n) is 2.36. The zero-order valence-corrected chi connectivity index (χ0v) is 5.26. The second-order valence-corrected chi connectivity index (χ2v) is 1.44. The molecule has 0 radical (unpaired) electrons. The molecule has 0 aliphatic heterocycles. The van der Waals surface area contributed by atoms with Crippen molar-refractivity contribution in [3.63, 3.8) is 0 Å². The maximum absolute atomic E-state index is 3.77. The van der Waals surface area contributed by atoms with Gasteiger partial charge in [0.25, 0.3) is 0 Å². The van der Waals surface area contributed by atoms with Gasteiger partial charge in [0.1, 0.15) is 0 Å². The quantitative estimate of drug-likeness (QED) is 0.478. The Morgan fingerprint density at radius 1 is 1.62 bits per heavy atom. The van der Waals surface area contributed by atoms with E-state index in [-0.39, 0.29) is 0 Å². The molecule has 0 fully saturated rings. The summed E-state index contributed by atoms with van der Waals surface area (Å²) in [5.41, 5.74) is 1.02. The molecule has 0 aliphatic carbocycles. The van der Waals surface area contributed by atoms with E-state index >= 15 is 0 Å². The lowest BCUT2D eigenvalue weighted by atomic mass is 10.4. The van der Waals surface area contributed by atoms with Gasteiger partial charge in [0.2, 0.25) is 0 Å². The number of rotatable bonds is 2. The summed E-state index contributed by atoms with van der Waals surface area (Å²) >= 11 is 0. The summed E-state index contributed by atoms with van der Waals surface area (Å²) in [7, 11) is 1.72. The van der Waals surface area contributed by atoms with Gasteiger partial charge in [-0.25, -0.2) is 0 Å². The molecule has 0 unspecified atom stereocenters. The van der Waals surface area contributed by atoms with Crippen LogP contribution >= 0.6 is 0 Å². The molecule has 0 saturated carbocycles. The van der Waals surface area contributed by atoms with Crippen LogP contribution in [-0.4, -0.2) is 20.0 Å². The molecular weight excluding hydrogens is 100 g/mol. The normalized spacial score (nSPS) is 12.5. The highest BCUT2D eigenvalue weighted by Crippen LogP contribution is 1.85. The lowest BCUT2D eigenvalue weighted by Gasteiger charge is -1.81. The largest absolute Gasteiger partial charge is 0.296 e. The van der Waals surface area contributed by atoms with Gasteiger partial charge in [0.15, 0.2) is 0 Å². The lowest BCUT2D eigenvalue weighted by molar-refractivity contribution is 1.42. The lowest BCUT2D eigenvalue weighted by Crippen LogP contribution is -1.73. The number of allylic oxidation sites excluding steroid dienone is 1. The van der Waals surface area contributed by atoms with Crippen LogP contribution in [0.15, 0.2) is 21.8 Å². The van der Waals surface area contributed by atoms with Crippen LogP contribution in [0.3, 0.4) is 0 Å². The third kappa shape index (κ3) is 3.28. The molecular formula is C6H10N2. The molecule has 0 aliphatic rings. The van der Waals surface area contributed by atoms with Crippen molar-refractivity contribution in [1.29, 1.82) is 0 Å². The SMILES string of the molecule is C=N/C=C(C)\C=N/C. The molecule has 2 heteroatoms. The third-order valence-electron chi connectivity index (χ3n) is 0.628. The van der Waals surface area contributed by atoms with Crippen molar-refractivity contribution in [1.82, 2.24) is 0 Å². The topological polar surface area (TPSA) is 24.7 Å². The minimum Gasteiger partial charge on any atom is -0.296 e. The summed E-state index contributed by atoms with van der Waals surface area (Å²) in [5, 5.41) is 0. The summed E-state index contributed by atoms with van der Waals surface area (Å²) in [5.74, 6) is 0. The predicted molar refractivity (Wildman–Crippen MR) is 37.7 cm³/mol. The zero-order chi connectivity index (χ0) is 6.41. The average molecular weight is 110 g/mol. The number of nitrogens with zero attached hydrogens (tertiary/aromatic N) is 2. The highest BCUT2D eigenvalue weighted by atomic mass is 14.7. The Kier molecular flexibility index (Phi) is 3.76. The molecule has 0 N–H and O–H groups in total. The van der Waals surface area contributed by atoms with E-state index in [2.05, 4.69) is 16.7 Å². The van der Waals surface area contributed by atoms with Gasteiger partial charge < -0.3 is 0 Å². The molecule has 0 aromatic carbocycles. The summed E-state index contributed by atoms with van der Waals surface area (Å²) in [4.78, 5) is 7.32. The number of hydrogen-bond acceptors (Lipinski definition) is 2. The van der Waals surface area contributed by atoms with Crippen LogP contribution in [-0.2, 0) is 0 Å². The van der Waals surface area contributed by atoms with E-state index in [4.69, 9.17) is 0 Å². The summed E-state index contributed by atoms with van der Waals surface area (Å²) in [6.07, 6.45) is 3.39. The summed E-state index contributed by atoms with van der Waals surface area (Å²) < 4.78 is 0. The van der Waals surface area contributed by atoms with Gasteiger partial charge in [-0.2, -0.15) is 0 Å². The van der Waals surface area contributed by atoms with E-state index in [9.17, 15) is 0 Å². The summed E-state index contributed by atoms with van der Waals surface area (Å²) in [6, 6.07) is 0. The molecule has 0 bridgehead atoms. The first-order chi connectivity index (χ1) is 3.81. The molecule has 44 valence electrons. The molecule has 8 heavy (non-hydrogen) atoms. The van der Waals surface area contributed by atoms with Crippen molar-refractivity contribution < 1.29 is 0 Å². The molecule has 0 rings (SSSR count). The highest BCUT2D eigenvalue weighted by molar-refractivity contribution is 5.77. The Labute approximate surface area is 49.7 Å². The maximum Gasteiger partial charge on any atom is 0.0304 e. The smallest absolute Gasteiger partial charge is 0.0304 e. The van der Waals surface area contributed by atoms with E-state index in [1.54, 1.807) is 19.5 Å². The molecule has 0 aromatic heterocycles. The van der Waals surface area contributed by atoms with Gasteiger partial charge in [0, 0.05) is 19.5 Å². The fraction of sp³-hybridized carbons (Fsp3) is 0.333. The number of hydrogen-bond donors (Lipinski definition) is 0. The van der Waals surface area contributed by atoms with E-state index in [0.29, 0.717) is 0 Å². The molecule has 2 nitrogen and oxygen atoms in total. The molecule has 0 amide bonds. The fourth-order valence-electron chi connectivity index (χ4n) is 0.381. The van der Waals surface area contributed by atoms with Crippen molar-refractivity contribution >= 4 is 12.9 Å². The Hall–Kier alpha value is -0.920. The van der Waals surface area contributed by atoms with E-state index in [0.717, 1.165) is 5.57 Å². The molecule has 0 saturated heterocycles. The molecule has 0 heterocycles. The van der Waals surface area contributed by atoms with E-state index in [1.807, 2.05) is 6.92 Å². The van der Waals surface area contributed by atoms with Crippen molar-refractivity contribution in [2.75, 3.05) is 7.05 Å². The Morgan fingerprint density at radius 2 is 2.25 bits per heavy atom. The van der Waals surface area contributed by atoms with Gasteiger partial charge in [-0.15, -0.1) is 0 Å². The van der Waals surface area contributed by atoms with Crippen LogP contribution in [0.2, 0.25) is 0 Å². The Balaban J connectivity index is 3.79. The van der Waals surface area contributed by atoms with Gasteiger partial charge in [0.05, 0.1) is 0 Å². The third-order valence-corrected chi connectivity index (χ3v) is 0.628. The standard InChI is InChI=1S/C6H10N2/c1-6(4-7-2)5-8-3/h4-5H,2H2,1,3H3/b6-4-,8-5-. The van der Waals surface area contributed by atoms with Crippen molar-refractivity contribution in [3.05, 3.63) is 11.8 Å². The Bertz CT molecular complexity index is 122. The Morgan fingerprint density at radius 3 is 2.62 bits per heavy atom. The molecule has 0 aromatic rings. The van der Waals surface area contributed by atoms with Crippen molar-refractivity contribution in [3.8, 4) is 0 Å². The predicted octanol–water partition coefficient (Wildman–Crippen LogP) is 1.29. The molecule has 0 atom stereocenters. The highest BCUT2D eigenvalue weighted by Gasteiger charge is 1.74. The van der Waals surface area contributed by atoms with E-state index in [1.165, 1.54) is 0 Å². The van der Waals surface area contributed by atoms with Gasteiger partial charge >= 0.3 is 0 Å². The fourth-order valence-corrected chi connectivity index (χ4v) is 0.381. The van der Waals surface area contributed by atoms with Gasteiger partial charge in [-0.05, 0) is 19.2 Å². The molecule has 0 spiro atoms. The van der Waals surface area contributed by atoms with Crippen molar-refractivity contribution in [2.45, 2.75) is 6.92 Å². The second kappa shape index (κ2) is 4.24. The average Bonchev–Trinajstić information content (AvgIpc) is 1.68. The first kappa shape index (κ1) is 7.08. The van der Waals surface area contributed by atoms with Crippen LogP contribution in [0.25, 0.3) is 0 Å². The van der Waals surface area contributed by atoms with E-state index < -0.39 is 0 Å². The van der Waals surface area contributed by atoms with Crippen LogP contribution in [0.1, 0.15) is 6.92 Å². The first-order valence-corrected chi connectivity index (χ1v) is 2.36. The minimum atomic E-state index is 1.02. The zero-order valence-electron chi connectivity index (χ0n) is 5.26. The maximum atomic E-state index is 3.77. The van der Waals surface area contributed by atoms with Crippen LogP contribution in [0.4, 0.5) is 0 Å².